The zero-order valence-corrected chi connectivity index (χ0v) is 16.4. The average Bonchev–Trinajstić information content (AvgIpc) is 3.17. The molecule has 2 aromatic carbocycles. The van der Waals surface area contributed by atoms with Gasteiger partial charge in [0.2, 0.25) is 0 Å². The third-order valence-electron chi connectivity index (χ3n) is 4.97. The smallest absolute Gasteiger partial charge is 0.270 e. The van der Waals surface area contributed by atoms with Crippen LogP contribution >= 0.6 is 0 Å². The van der Waals surface area contributed by atoms with Crippen LogP contribution in [0.25, 0.3) is 10.9 Å². The van der Waals surface area contributed by atoms with Gasteiger partial charge in [0.25, 0.3) is 5.91 Å². The SMILES string of the molecule is Cc1ccc(CNC(=O)c2ccc(NCCc3c[nH]c4ccccc34)cn2)cc1. The average molecular weight is 384 g/mol. The summed E-state index contributed by atoms with van der Waals surface area (Å²) in [5, 5.41) is 7.53. The number of carbonyl (C=O) groups is 1. The van der Waals surface area contributed by atoms with E-state index in [0.717, 1.165) is 29.7 Å². The van der Waals surface area contributed by atoms with Crippen LogP contribution in [0.15, 0.2) is 73.1 Å². The first kappa shape index (κ1) is 18.7. The van der Waals surface area contributed by atoms with Gasteiger partial charge in [0.1, 0.15) is 5.69 Å². The van der Waals surface area contributed by atoms with Gasteiger partial charge in [0, 0.05) is 30.2 Å². The Bertz CT molecular complexity index is 1100. The number of para-hydroxylation sites is 1. The Balaban J connectivity index is 1.28. The Hall–Kier alpha value is -3.60. The molecule has 0 saturated carbocycles. The van der Waals surface area contributed by atoms with E-state index in [0.29, 0.717) is 12.2 Å². The number of amides is 1. The number of hydrogen-bond acceptors (Lipinski definition) is 3. The van der Waals surface area contributed by atoms with Gasteiger partial charge in [0.05, 0.1) is 11.9 Å². The van der Waals surface area contributed by atoms with Crippen molar-refractivity contribution in [2.24, 2.45) is 0 Å². The number of rotatable bonds is 7. The van der Waals surface area contributed by atoms with Crippen LogP contribution in [0, 0.1) is 6.92 Å². The zero-order valence-electron chi connectivity index (χ0n) is 16.4. The number of fused-ring (bicyclic) bond motifs is 1. The molecule has 1 amide bonds. The van der Waals surface area contributed by atoms with Crippen molar-refractivity contribution in [1.82, 2.24) is 15.3 Å². The topological polar surface area (TPSA) is 69.8 Å². The van der Waals surface area contributed by atoms with Crippen LogP contribution in [0.1, 0.15) is 27.2 Å². The second kappa shape index (κ2) is 8.61. The van der Waals surface area contributed by atoms with Crippen molar-refractivity contribution >= 4 is 22.5 Å². The van der Waals surface area contributed by atoms with E-state index in [2.05, 4.69) is 45.0 Å². The number of anilines is 1. The molecule has 0 fully saturated rings. The lowest BCUT2D eigenvalue weighted by molar-refractivity contribution is 0.0946. The Labute approximate surface area is 170 Å². The maximum absolute atomic E-state index is 12.3. The highest BCUT2D eigenvalue weighted by Crippen LogP contribution is 2.18. The summed E-state index contributed by atoms with van der Waals surface area (Å²) < 4.78 is 0. The van der Waals surface area contributed by atoms with Crippen LogP contribution in [0.4, 0.5) is 5.69 Å². The number of aryl methyl sites for hydroxylation is 1. The highest BCUT2D eigenvalue weighted by atomic mass is 16.1. The minimum atomic E-state index is -0.170. The molecule has 4 aromatic rings. The molecule has 0 saturated heterocycles. The highest BCUT2D eigenvalue weighted by Gasteiger charge is 2.07. The van der Waals surface area contributed by atoms with Crippen molar-refractivity contribution in [2.45, 2.75) is 19.9 Å². The molecule has 4 rings (SSSR count). The van der Waals surface area contributed by atoms with E-state index < -0.39 is 0 Å². The fraction of sp³-hybridized carbons (Fsp3) is 0.167. The third kappa shape index (κ3) is 4.63. The first-order valence-corrected chi connectivity index (χ1v) is 9.78. The van der Waals surface area contributed by atoms with E-state index in [1.165, 1.54) is 16.5 Å². The molecule has 146 valence electrons. The molecule has 0 radical (unpaired) electrons. The number of pyridine rings is 1. The molecule has 5 nitrogen and oxygen atoms in total. The molecule has 0 unspecified atom stereocenters. The van der Waals surface area contributed by atoms with Gasteiger partial charge in [0.15, 0.2) is 0 Å². The molecule has 2 heterocycles. The summed E-state index contributed by atoms with van der Waals surface area (Å²) in [6.45, 7) is 3.33. The Morgan fingerprint density at radius 3 is 2.66 bits per heavy atom. The van der Waals surface area contributed by atoms with Crippen molar-refractivity contribution in [3.05, 3.63) is 95.4 Å². The number of H-pyrrole nitrogens is 1. The summed E-state index contributed by atoms with van der Waals surface area (Å²) in [6.07, 6.45) is 4.67. The van der Waals surface area contributed by atoms with E-state index in [1.54, 1.807) is 12.3 Å². The summed E-state index contributed by atoms with van der Waals surface area (Å²) in [5.74, 6) is -0.170. The van der Waals surface area contributed by atoms with Crippen LogP contribution in [0.3, 0.4) is 0 Å². The Morgan fingerprint density at radius 2 is 1.86 bits per heavy atom. The predicted octanol–water partition coefficient (Wildman–Crippen LogP) is 4.46. The molecule has 5 heteroatoms. The molecule has 3 N–H and O–H groups in total. The van der Waals surface area contributed by atoms with Gasteiger partial charge in [-0.25, -0.2) is 4.98 Å². The Kier molecular flexibility index (Phi) is 5.56. The van der Waals surface area contributed by atoms with Crippen LogP contribution < -0.4 is 10.6 Å². The number of aromatic amines is 1. The van der Waals surface area contributed by atoms with Gasteiger partial charge in [-0.3, -0.25) is 4.79 Å². The second-order valence-electron chi connectivity index (χ2n) is 7.14. The van der Waals surface area contributed by atoms with E-state index in [9.17, 15) is 4.79 Å². The first-order valence-electron chi connectivity index (χ1n) is 9.78. The zero-order chi connectivity index (χ0) is 20.1. The summed E-state index contributed by atoms with van der Waals surface area (Å²) in [7, 11) is 0. The van der Waals surface area contributed by atoms with Gasteiger partial charge in [-0.1, -0.05) is 48.0 Å². The third-order valence-corrected chi connectivity index (χ3v) is 4.97. The number of hydrogen-bond donors (Lipinski definition) is 3. The van der Waals surface area contributed by atoms with Crippen molar-refractivity contribution < 1.29 is 4.79 Å². The minimum absolute atomic E-state index is 0.170. The molecule has 0 aliphatic rings. The number of carbonyl (C=O) groups excluding carboxylic acids is 1. The lowest BCUT2D eigenvalue weighted by Gasteiger charge is -2.08. The second-order valence-corrected chi connectivity index (χ2v) is 7.14. The van der Waals surface area contributed by atoms with Crippen molar-refractivity contribution in [3.63, 3.8) is 0 Å². The molecule has 2 aromatic heterocycles. The van der Waals surface area contributed by atoms with Gasteiger partial charge in [-0.15, -0.1) is 0 Å². The molecule has 0 spiro atoms. The van der Waals surface area contributed by atoms with E-state index in [1.807, 2.05) is 43.3 Å². The maximum Gasteiger partial charge on any atom is 0.270 e. The highest BCUT2D eigenvalue weighted by molar-refractivity contribution is 5.92. The number of benzene rings is 2. The van der Waals surface area contributed by atoms with Gasteiger partial charge in [-0.2, -0.15) is 0 Å². The quantitative estimate of drug-likeness (QED) is 0.441. The maximum atomic E-state index is 12.3. The first-order chi connectivity index (χ1) is 14.2. The minimum Gasteiger partial charge on any atom is -0.383 e. The molecule has 0 aliphatic carbocycles. The molecule has 29 heavy (non-hydrogen) atoms. The summed E-state index contributed by atoms with van der Waals surface area (Å²) in [6, 6.07) is 20.1. The number of nitrogens with one attached hydrogen (secondary N) is 3. The summed E-state index contributed by atoms with van der Waals surface area (Å²) in [4.78, 5) is 19.9. The fourth-order valence-corrected chi connectivity index (χ4v) is 3.29. The van der Waals surface area contributed by atoms with Crippen LogP contribution in [0.2, 0.25) is 0 Å². The Morgan fingerprint density at radius 1 is 1.03 bits per heavy atom. The van der Waals surface area contributed by atoms with Crippen LogP contribution in [0.5, 0.6) is 0 Å². The number of aromatic nitrogens is 2. The summed E-state index contributed by atoms with van der Waals surface area (Å²) >= 11 is 0. The molecule has 0 atom stereocenters. The normalized spacial score (nSPS) is 10.8. The lowest BCUT2D eigenvalue weighted by Crippen LogP contribution is -2.23. The van der Waals surface area contributed by atoms with Gasteiger partial charge in [-0.05, 0) is 42.7 Å². The van der Waals surface area contributed by atoms with Gasteiger partial charge < -0.3 is 15.6 Å². The molecule has 0 aliphatic heterocycles. The van der Waals surface area contributed by atoms with Crippen molar-refractivity contribution in [1.29, 1.82) is 0 Å². The molecular weight excluding hydrogens is 360 g/mol. The number of nitrogens with zero attached hydrogens (tertiary/aromatic N) is 1. The standard InChI is InChI=1S/C24H24N4O/c1-17-6-8-18(9-7-17)14-28-24(29)23-11-10-20(16-27-23)25-13-12-19-15-26-22-5-3-2-4-21(19)22/h2-11,15-16,25-26H,12-14H2,1H3,(H,28,29). The summed E-state index contributed by atoms with van der Waals surface area (Å²) in [5.41, 5.74) is 6.03. The monoisotopic (exact) mass is 384 g/mol. The van der Waals surface area contributed by atoms with Crippen molar-refractivity contribution in [3.8, 4) is 0 Å². The predicted molar refractivity (Wildman–Crippen MR) is 117 cm³/mol. The van der Waals surface area contributed by atoms with Gasteiger partial charge >= 0.3 is 0 Å². The van der Waals surface area contributed by atoms with E-state index in [4.69, 9.17) is 0 Å². The molecule has 0 bridgehead atoms. The fourth-order valence-electron chi connectivity index (χ4n) is 3.29. The van der Waals surface area contributed by atoms with Crippen LogP contribution in [-0.4, -0.2) is 22.4 Å². The van der Waals surface area contributed by atoms with Crippen LogP contribution in [-0.2, 0) is 13.0 Å². The van der Waals surface area contributed by atoms with E-state index >= 15 is 0 Å². The molecular formula is C24H24N4O. The van der Waals surface area contributed by atoms with E-state index in [-0.39, 0.29) is 5.91 Å². The largest absolute Gasteiger partial charge is 0.383 e. The lowest BCUT2D eigenvalue weighted by atomic mass is 10.1. The van der Waals surface area contributed by atoms with Crippen molar-refractivity contribution in [2.75, 3.05) is 11.9 Å².